The summed E-state index contributed by atoms with van der Waals surface area (Å²) in [5, 5.41) is 12.8. The summed E-state index contributed by atoms with van der Waals surface area (Å²) in [6, 6.07) is 21.2. The van der Waals surface area contributed by atoms with Crippen LogP contribution in [0.25, 0.3) is 10.9 Å². The topological polar surface area (TPSA) is 33.1 Å². The molecule has 0 radical (unpaired) electrons. The van der Waals surface area contributed by atoms with Crippen LogP contribution in [-0.4, -0.2) is 33.7 Å². The summed E-state index contributed by atoms with van der Waals surface area (Å²) in [5.74, 6) is 1.18. The van der Waals surface area contributed by atoms with Gasteiger partial charge in [0, 0.05) is 35.9 Å². The van der Waals surface area contributed by atoms with E-state index in [2.05, 4.69) is 54.0 Å². The highest BCUT2D eigenvalue weighted by atomic mass is 35.5. The highest BCUT2D eigenvalue weighted by Crippen LogP contribution is 2.47. The summed E-state index contributed by atoms with van der Waals surface area (Å²) in [6.07, 6.45) is 5.79. The zero-order valence-corrected chi connectivity index (χ0v) is 18.0. The maximum absolute atomic E-state index is 11.7. The highest BCUT2D eigenvalue weighted by molar-refractivity contribution is 5.82. The first kappa shape index (κ1) is 21.0. The summed E-state index contributed by atoms with van der Waals surface area (Å²) >= 11 is 0. The van der Waals surface area contributed by atoms with Crippen LogP contribution in [0, 0.1) is 11.8 Å². The Morgan fingerprint density at radius 1 is 1.10 bits per heavy atom. The van der Waals surface area contributed by atoms with Gasteiger partial charge in [-0.15, -0.1) is 6.58 Å². The van der Waals surface area contributed by atoms with Crippen LogP contribution in [0.3, 0.4) is 0 Å². The average molecular weight is 421 g/mol. The van der Waals surface area contributed by atoms with E-state index in [0.29, 0.717) is 11.8 Å². The number of aromatic nitrogens is 1. The molecule has 3 aliphatic heterocycles. The van der Waals surface area contributed by atoms with Crippen molar-refractivity contribution in [2.45, 2.75) is 31.5 Å². The van der Waals surface area contributed by atoms with E-state index in [4.69, 9.17) is 0 Å². The molecule has 4 heterocycles. The fourth-order valence-electron chi connectivity index (χ4n) is 5.91. The Hall–Kier alpha value is -2.20. The predicted octanol–water partition coefficient (Wildman–Crippen LogP) is 1.88. The summed E-state index contributed by atoms with van der Waals surface area (Å²) in [5.41, 5.74) is 3.33. The molecule has 2 aromatic carbocycles. The van der Waals surface area contributed by atoms with Crippen LogP contribution in [0.5, 0.6) is 0 Å². The van der Waals surface area contributed by atoms with E-state index in [9.17, 15) is 5.11 Å². The van der Waals surface area contributed by atoms with Crippen molar-refractivity contribution in [1.82, 2.24) is 4.98 Å². The van der Waals surface area contributed by atoms with E-state index in [0.717, 1.165) is 47.0 Å². The molecule has 3 nitrogen and oxygen atoms in total. The monoisotopic (exact) mass is 420 g/mol. The number of rotatable bonds is 5. The molecule has 6 rings (SSSR count). The minimum atomic E-state index is -0.486. The SMILES string of the molecule is C=CC1C[N+]2(Cc3ccccc3)CC[C@H]1C[C@@H]2[C@@H](O)c1ccnc2ccccc12.[Cl-]. The van der Waals surface area contributed by atoms with Crippen LogP contribution in [0.15, 0.2) is 79.5 Å². The Morgan fingerprint density at radius 2 is 1.87 bits per heavy atom. The first-order valence-corrected chi connectivity index (χ1v) is 10.7. The number of aliphatic hydroxyl groups excluding tert-OH is 1. The molecule has 3 saturated heterocycles. The lowest BCUT2D eigenvalue weighted by molar-refractivity contribution is -0.984. The second-order valence-corrected chi connectivity index (χ2v) is 8.88. The van der Waals surface area contributed by atoms with Crippen LogP contribution in [-0.2, 0) is 6.54 Å². The van der Waals surface area contributed by atoms with Crippen molar-refractivity contribution in [3.63, 3.8) is 0 Å². The molecule has 1 N–H and O–H groups in total. The molecule has 0 aliphatic carbocycles. The third-order valence-electron chi connectivity index (χ3n) is 7.38. The molecule has 30 heavy (non-hydrogen) atoms. The molecule has 3 fully saturated rings. The van der Waals surface area contributed by atoms with E-state index in [1.54, 1.807) is 0 Å². The number of para-hydroxylation sites is 1. The number of nitrogens with zero attached hydrogens (tertiary/aromatic N) is 2. The first-order valence-electron chi connectivity index (χ1n) is 10.7. The number of quaternary nitrogens is 1. The fraction of sp³-hybridized carbons (Fsp3) is 0.346. The molecule has 2 bridgehead atoms. The van der Waals surface area contributed by atoms with Gasteiger partial charge in [-0.05, 0) is 23.6 Å². The number of aliphatic hydroxyl groups is 1. The summed E-state index contributed by atoms with van der Waals surface area (Å²) in [7, 11) is 0. The van der Waals surface area contributed by atoms with Crippen molar-refractivity contribution in [2.24, 2.45) is 11.8 Å². The molecule has 0 saturated carbocycles. The molecule has 156 valence electrons. The summed E-state index contributed by atoms with van der Waals surface area (Å²) in [6.45, 7) is 7.32. The third kappa shape index (κ3) is 3.56. The summed E-state index contributed by atoms with van der Waals surface area (Å²) < 4.78 is 0.953. The van der Waals surface area contributed by atoms with Gasteiger partial charge in [0.25, 0.3) is 0 Å². The van der Waals surface area contributed by atoms with Crippen LogP contribution in [0.1, 0.15) is 30.1 Å². The maximum atomic E-state index is 11.7. The van der Waals surface area contributed by atoms with Gasteiger partial charge < -0.3 is 22.0 Å². The quantitative estimate of drug-likeness (QED) is 0.505. The number of pyridine rings is 1. The molecular formula is C26H29ClN2O. The van der Waals surface area contributed by atoms with Gasteiger partial charge in [-0.25, -0.2) is 0 Å². The Kier molecular flexibility index (Phi) is 5.97. The number of hydrogen-bond donors (Lipinski definition) is 1. The van der Waals surface area contributed by atoms with Crippen molar-refractivity contribution >= 4 is 10.9 Å². The average Bonchev–Trinajstić information content (AvgIpc) is 2.78. The Bertz CT molecular complexity index is 1020. The lowest BCUT2D eigenvalue weighted by atomic mass is 9.71. The molecule has 3 aromatic rings. The van der Waals surface area contributed by atoms with E-state index < -0.39 is 6.10 Å². The van der Waals surface area contributed by atoms with Crippen LogP contribution >= 0.6 is 0 Å². The number of piperidine rings is 3. The number of halogens is 1. The molecule has 0 spiro atoms. The molecular weight excluding hydrogens is 392 g/mol. The molecule has 1 aromatic heterocycles. The van der Waals surface area contributed by atoms with Crippen molar-refractivity contribution < 1.29 is 22.0 Å². The predicted molar refractivity (Wildman–Crippen MR) is 117 cm³/mol. The number of hydrogen-bond acceptors (Lipinski definition) is 2. The third-order valence-corrected chi connectivity index (χ3v) is 7.38. The first-order chi connectivity index (χ1) is 14.2. The molecule has 3 aliphatic rings. The zero-order valence-electron chi connectivity index (χ0n) is 17.2. The summed E-state index contributed by atoms with van der Waals surface area (Å²) in [4.78, 5) is 4.50. The van der Waals surface area contributed by atoms with Gasteiger partial charge in [0.1, 0.15) is 18.7 Å². The fourth-order valence-corrected chi connectivity index (χ4v) is 5.91. The smallest absolute Gasteiger partial charge is 0.131 e. The van der Waals surface area contributed by atoms with E-state index >= 15 is 0 Å². The Morgan fingerprint density at radius 3 is 2.67 bits per heavy atom. The molecule has 0 amide bonds. The number of fused-ring (bicyclic) bond motifs is 4. The highest BCUT2D eigenvalue weighted by Gasteiger charge is 2.53. The van der Waals surface area contributed by atoms with Crippen molar-refractivity contribution in [3.8, 4) is 0 Å². The van der Waals surface area contributed by atoms with Gasteiger partial charge in [0.05, 0.1) is 18.6 Å². The lowest BCUT2D eigenvalue weighted by Gasteiger charge is -2.58. The van der Waals surface area contributed by atoms with Crippen LogP contribution < -0.4 is 12.4 Å². The molecule has 2 unspecified atom stereocenters. The minimum absolute atomic E-state index is 0. The van der Waals surface area contributed by atoms with Gasteiger partial charge in [-0.2, -0.15) is 0 Å². The lowest BCUT2D eigenvalue weighted by Crippen LogP contribution is -3.00. The standard InChI is InChI=1S/C26H29N2O.ClH/c1-2-20-18-28(17-19-8-4-3-5-9-19)15-13-21(20)16-25(28)26(29)23-12-14-27-24-11-7-6-10-22(23)24;/h2-12,14,20-21,25-26,29H,1,13,15-18H2;1H/q+1;/p-1/t20?,21-,25+,26-,28?;/m0./s1. The van der Waals surface area contributed by atoms with Gasteiger partial charge in [0.15, 0.2) is 0 Å². The van der Waals surface area contributed by atoms with Crippen molar-refractivity contribution in [3.05, 3.63) is 90.6 Å². The van der Waals surface area contributed by atoms with Gasteiger partial charge in [0.2, 0.25) is 0 Å². The van der Waals surface area contributed by atoms with E-state index in [-0.39, 0.29) is 18.4 Å². The van der Waals surface area contributed by atoms with Gasteiger partial charge in [-0.3, -0.25) is 4.98 Å². The Labute approximate surface area is 185 Å². The van der Waals surface area contributed by atoms with Crippen molar-refractivity contribution in [1.29, 1.82) is 0 Å². The molecule has 4 heteroatoms. The van der Waals surface area contributed by atoms with E-state index in [1.807, 2.05) is 30.5 Å². The van der Waals surface area contributed by atoms with Gasteiger partial charge in [-0.1, -0.05) is 54.6 Å². The number of benzene rings is 2. The largest absolute Gasteiger partial charge is 1.00 e. The van der Waals surface area contributed by atoms with Gasteiger partial charge >= 0.3 is 0 Å². The van der Waals surface area contributed by atoms with Crippen LogP contribution in [0.2, 0.25) is 0 Å². The second kappa shape index (κ2) is 8.50. The van der Waals surface area contributed by atoms with E-state index in [1.165, 1.54) is 12.0 Å². The maximum Gasteiger partial charge on any atom is 0.131 e. The Balaban J connectivity index is 0.00000218. The van der Waals surface area contributed by atoms with Crippen LogP contribution in [0.4, 0.5) is 0 Å². The minimum Gasteiger partial charge on any atom is -1.00 e. The zero-order chi connectivity index (χ0) is 19.8. The molecule has 5 atom stereocenters. The normalized spacial score (nSPS) is 28.6. The second-order valence-electron chi connectivity index (χ2n) is 8.88. The van der Waals surface area contributed by atoms with Crippen molar-refractivity contribution in [2.75, 3.05) is 13.1 Å².